The Morgan fingerprint density at radius 3 is 2.50 bits per heavy atom. The molecule has 0 atom stereocenters. The van der Waals surface area contributed by atoms with E-state index in [-0.39, 0.29) is 0 Å². The molecular formula is C7H11O2P. The van der Waals surface area contributed by atoms with Gasteiger partial charge in [0.25, 0.3) is 0 Å². The standard InChI is InChI=1S/C7H11O2P/c1-2-3-4-5-6-7-10(8)9/h2-5H2,1H3. The second kappa shape index (κ2) is 6.58. The van der Waals surface area contributed by atoms with E-state index in [0.717, 1.165) is 19.3 Å². The van der Waals surface area contributed by atoms with Crippen molar-refractivity contribution in [2.75, 3.05) is 0 Å². The van der Waals surface area contributed by atoms with Crippen molar-refractivity contribution in [2.24, 2.45) is 0 Å². The number of hydrogen-bond donors (Lipinski definition) is 0. The lowest BCUT2D eigenvalue weighted by atomic mass is 10.2. The third kappa shape index (κ3) is 7.46. The summed E-state index contributed by atoms with van der Waals surface area (Å²) in [6.07, 6.45) is 3.99. The Morgan fingerprint density at radius 2 is 2.00 bits per heavy atom. The van der Waals surface area contributed by atoms with Crippen LogP contribution in [0.15, 0.2) is 0 Å². The fourth-order valence-electron chi connectivity index (χ4n) is 0.584. The molecule has 0 N–H and O–H groups in total. The van der Waals surface area contributed by atoms with Crippen molar-refractivity contribution < 1.29 is 9.13 Å². The molecule has 0 aromatic carbocycles. The lowest BCUT2D eigenvalue weighted by molar-refractivity contribution is 0.523. The lowest BCUT2D eigenvalue weighted by Gasteiger charge is -1.86. The van der Waals surface area contributed by atoms with E-state index in [1.165, 1.54) is 0 Å². The molecule has 0 heterocycles. The molecule has 0 amide bonds. The van der Waals surface area contributed by atoms with Crippen molar-refractivity contribution in [3.05, 3.63) is 0 Å². The summed E-state index contributed by atoms with van der Waals surface area (Å²) in [5, 5.41) is 0. The maximum absolute atomic E-state index is 9.90. The highest BCUT2D eigenvalue weighted by atomic mass is 31.1. The average Bonchev–Trinajstić information content (AvgIpc) is 1.87. The zero-order chi connectivity index (χ0) is 7.82. The Kier molecular flexibility index (Phi) is 6.22. The highest BCUT2D eigenvalue weighted by Crippen LogP contribution is 2.00. The summed E-state index contributed by atoms with van der Waals surface area (Å²) in [5.41, 5.74) is 2.11. The van der Waals surface area contributed by atoms with Gasteiger partial charge in [0.1, 0.15) is 0 Å². The second-order valence-corrected chi connectivity index (χ2v) is 2.74. The van der Waals surface area contributed by atoms with Crippen LogP contribution >= 0.6 is 7.68 Å². The SMILES string of the molecule is CCCCCC#CP(=O)=O. The van der Waals surface area contributed by atoms with Crippen molar-refractivity contribution in [2.45, 2.75) is 32.6 Å². The topological polar surface area (TPSA) is 34.1 Å². The van der Waals surface area contributed by atoms with Crippen molar-refractivity contribution in [1.82, 2.24) is 0 Å². The normalized spacial score (nSPS) is 8.10. The van der Waals surface area contributed by atoms with Gasteiger partial charge < -0.3 is 0 Å². The minimum atomic E-state index is -2.48. The third-order valence-electron chi connectivity index (χ3n) is 1.08. The fourth-order valence-corrected chi connectivity index (χ4v) is 0.825. The zero-order valence-electron chi connectivity index (χ0n) is 6.09. The molecule has 0 saturated carbocycles. The van der Waals surface area contributed by atoms with Crippen LogP contribution < -0.4 is 0 Å². The van der Waals surface area contributed by atoms with Crippen molar-refractivity contribution in [3.8, 4) is 11.6 Å². The Hall–Kier alpha value is -0.540. The highest BCUT2D eigenvalue weighted by molar-refractivity contribution is 7.37. The van der Waals surface area contributed by atoms with Gasteiger partial charge in [-0.2, -0.15) is 0 Å². The lowest BCUT2D eigenvalue weighted by Crippen LogP contribution is -1.69. The molecule has 0 aromatic heterocycles. The molecule has 10 heavy (non-hydrogen) atoms. The van der Waals surface area contributed by atoms with Crippen LogP contribution in [-0.2, 0) is 9.13 Å². The highest BCUT2D eigenvalue weighted by Gasteiger charge is 1.81. The molecule has 0 bridgehead atoms. The van der Waals surface area contributed by atoms with Gasteiger partial charge in [-0.3, -0.25) is 0 Å². The molecule has 0 fully saturated rings. The van der Waals surface area contributed by atoms with E-state index in [4.69, 9.17) is 0 Å². The van der Waals surface area contributed by atoms with Gasteiger partial charge in [-0.15, -0.1) is 0 Å². The Bertz CT molecular complexity index is 187. The maximum Gasteiger partial charge on any atom is 0.395 e. The predicted molar refractivity (Wildman–Crippen MR) is 40.2 cm³/mol. The summed E-state index contributed by atoms with van der Waals surface area (Å²) in [6, 6.07) is 0. The first kappa shape index (κ1) is 9.46. The van der Waals surface area contributed by atoms with Gasteiger partial charge >= 0.3 is 7.68 Å². The van der Waals surface area contributed by atoms with Crippen LogP contribution in [0.2, 0.25) is 0 Å². The quantitative estimate of drug-likeness (QED) is 0.359. The Labute approximate surface area is 61.8 Å². The number of hydrogen-bond acceptors (Lipinski definition) is 2. The first-order valence-electron chi connectivity index (χ1n) is 3.40. The van der Waals surface area contributed by atoms with Crippen LogP contribution in [0.1, 0.15) is 32.6 Å². The summed E-state index contributed by atoms with van der Waals surface area (Å²) in [4.78, 5) is 0. The monoisotopic (exact) mass is 158 g/mol. The molecule has 0 spiro atoms. The van der Waals surface area contributed by atoms with Crippen LogP contribution in [0.3, 0.4) is 0 Å². The second-order valence-electron chi connectivity index (χ2n) is 2.00. The average molecular weight is 158 g/mol. The van der Waals surface area contributed by atoms with E-state index in [1.54, 1.807) is 0 Å². The zero-order valence-corrected chi connectivity index (χ0v) is 6.99. The summed E-state index contributed by atoms with van der Waals surface area (Å²) >= 11 is 0. The van der Waals surface area contributed by atoms with Gasteiger partial charge in [0, 0.05) is 12.1 Å². The number of rotatable bonds is 3. The smallest absolute Gasteiger partial charge is 0.223 e. The summed E-state index contributed by atoms with van der Waals surface area (Å²) in [5.74, 6) is 2.57. The van der Waals surface area contributed by atoms with Gasteiger partial charge in [-0.25, -0.2) is 9.13 Å². The van der Waals surface area contributed by atoms with E-state index in [0.29, 0.717) is 6.42 Å². The summed E-state index contributed by atoms with van der Waals surface area (Å²) in [6.45, 7) is 2.10. The van der Waals surface area contributed by atoms with E-state index >= 15 is 0 Å². The molecule has 3 heteroatoms. The van der Waals surface area contributed by atoms with Crippen LogP contribution in [0.5, 0.6) is 0 Å². The third-order valence-corrected chi connectivity index (χ3v) is 1.42. The molecule has 0 radical (unpaired) electrons. The molecular weight excluding hydrogens is 147 g/mol. The van der Waals surface area contributed by atoms with Gasteiger partial charge in [0.05, 0.1) is 0 Å². The van der Waals surface area contributed by atoms with Gasteiger partial charge in [-0.1, -0.05) is 25.7 Å². The van der Waals surface area contributed by atoms with Crippen LogP contribution in [-0.4, -0.2) is 0 Å². The van der Waals surface area contributed by atoms with Crippen LogP contribution in [0, 0.1) is 11.6 Å². The Balaban J connectivity index is 3.29. The van der Waals surface area contributed by atoms with Gasteiger partial charge in [0.15, 0.2) is 0 Å². The van der Waals surface area contributed by atoms with E-state index in [9.17, 15) is 9.13 Å². The minimum Gasteiger partial charge on any atom is -0.223 e. The number of unbranched alkanes of at least 4 members (excludes halogenated alkanes) is 3. The molecule has 0 aliphatic rings. The molecule has 2 nitrogen and oxygen atoms in total. The Morgan fingerprint density at radius 1 is 1.30 bits per heavy atom. The van der Waals surface area contributed by atoms with E-state index in [2.05, 4.69) is 18.5 Å². The summed E-state index contributed by atoms with van der Waals surface area (Å²) < 4.78 is 19.8. The van der Waals surface area contributed by atoms with Crippen LogP contribution in [0.25, 0.3) is 0 Å². The van der Waals surface area contributed by atoms with Gasteiger partial charge in [0.2, 0.25) is 0 Å². The van der Waals surface area contributed by atoms with Crippen LogP contribution in [0.4, 0.5) is 0 Å². The minimum absolute atomic E-state index is 0.706. The van der Waals surface area contributed by atoms with Crippen molar-refractivity contribution in [3.63, 3.8) is 0 Å². The van der Waals surface area contributed by atoms with E-state index in [1.807, 2.05) is 0 Å². The maximum atomic E-state index is 9.90. The van der Waals surface area contributed by atoms with Crippen molar-refractivity contribution >= 4 is 7.68 Å². The molecule has 0 rings (SSSR count). The fraction of sp³-hybridized carbons (Fsp3) is 0.714. The molecule has 0 aliphatic heterocycles. The predicted octanol–water partition coefficient (Wildman–Crippen LogP) is 2.70. The van der Waals surface area contributed by atoms with E-state index < -0.39 is 7.68 Å². The summed E-state index contributed by atoms with van der Waals surface area (Å²) in [7, 11) is -2.48. The molecule has 0 saturated heterocycles. The largest absolute Gasteiger partial charge is 0.395 e. The van der Waals surface area contributed by atoms with Crippen molar-refractivity contribution in [1.29, 1.82) is 0 Å². The molecule has 56 valence electrons. The molecule has 0 aromatic rings. The molecule has 0 aliphatic carbocycles. The first-order valence-corrected chi connectivity index (χ1v) is 4.58. The van der Waals surface area contributed by atoms with Gasteiger partial charge in [-0.05, 0) is 6.42 Å². The first-order chi connectivity index (χ1) is 4.77. The molecule has 0 unspecified atom stereocenters.